The summed E-state index contributed by atoms with van der Waals surface area (Å²) >= 11 is 0. The number of carbonyl (C=O) groups excluding carboxylic acids is 1. The first kappa shape index (κ1) is 17.1. The van der Waals surface area contributed by atoms with Gasteiger partial charge in [-0.15, -0.1) is 12.4 Å². The maximum atomic E-state index is 12.5. The highest BCUT2D eigenvalue weighted by molar-refractivity contribution is 5.85. The molecule has 1 saturated carbocycles. The summed E-state index contributed by atoms with van der Waals surface area (Å²) in [5.74, 6) is 0.868. The number of nitrogens with zero attached hydrogens (tertiary/aromatic N) is 3. The molecule has 0 unspecified atom stereocenters. The second-order valence-electron chi connectivity index (χ2n) is 6.66. The third-order valence-corrected chi connectivity index (χ3v) is 5.16. The van der Waals surface area contributed by atoms with E-state index in [0.29, 0.717) is 24.3 Å². The summed E-state index contributed by atoms with van der Waals surface area (Å²) in [6, 6.07) is 0.325. The number of aromatic nitrogens is 2. The molecule has 1 saturated heterocycles. The Morgan fingerprint density at radius 3 is 2.50 bits per heavy atom. The summed E-state index contributed by atoms with van der Waals surface area (Å²) in [6.45, 7) is 4.15. The van der Waals surface area contributed by atoms with Gasteiger partial charge in [-0.2, -0.15) is 5.10 Å². The van der Waals surface area contributed by atoms with Crippen LogP contribution in [0.1, 0.15) is 50.6 Å². The molecule has 1 aliphatic carbocycles. The predicted molar refractivity (Wildman–Crippen MR) is 88.6 cm³/mol. The Bertz CT molecular complexity index is 532. The molecule has 2 aliphatic rings. The maximum absolute atomic E-state index is 12.5. The van der Waals surface area contributed by atoms with Gasteiger partial charge in [0.05, 0.1) is 6.04 Å². The number of carbonyl (C=O) groups is 1. The largest absolute Gasteiger partial charge is 0.382 e. The van der Waals surface area contributed by atoms with Gasteiger partial charge in [0, 0.05) is 36.8 Å². The average molecular weight is 328 g/mol. The van der Waals surface area contributed by atoms with Crippen LogP contribution in [0.25, 0.3) is 0 Å². The Labute approximate surface area is 137 Å². The van der Waals surface area contributed by atoms with Gasteiger partial charge in [0.15, 0.2) is 0 Å². The molecule has 0 bridgehead atoms. The van der Waals surface area contributed by atoms with Crippen LogP contribution in [-0.4, -0.2) is 33.7 Å². The Morgan fingerprint density at radius 2 is 2.05 bits per heavy atom. The molecule has 1 aliphatic heterocycles. The van der Waals surface area contributed by atoms with Crippen LogP contribution < -0.4 is 11.5 Å². The smallest absolute Gasteiger partial charge is 0.228 e. The first-order valence-corrected chi connectivity index (χ1v) is 7.86. The minimum atomic E-state index is -0.0876. The number of hydrogen-bond acceptors (Lipinski definition) is 4. The van der Waals surface area contributed by atoms with Crippen molar-refractivity contribution in [2.24, 2.45) is 11.1 Å². The van der Waals surface area contributed by atoms with Crippen molar-refractivity contribution < 1.29 is 4.79 Å². The van der Waals surface area contributed by atoms with Crippen molar-refractivity contribution in [1.29, 1.82) is 0 Å². The number of anilines is 1. The normalized spacial score (nSPS) is 21.1. The van der Waals surface area contributed by atoms with E-state index in [-0.39, 0.29) is 17.8 Å². The van der Waals surface area contributed by atoms with Crippen molar-refractivity contribution in [3.63, 3.8) is 0 Å². The summed E-state index contributed by atoms with van der Waals surface area (Å²) in [7, 11) is 0. The van der Waals surface area contributed by atoms with Crippen LogP contribution in [0.2, 0.25) is 0 Å². The van der Waals surface area contributed by atoms with Crippen LogP contribution in [0.3, 0.4) is 0 Å². The zero-order chi connectivity index (χ0) is 15.0. The van der Waals surface area contributed by atoms with E-state index in [2.05, 4.69) is 12.0 Å². The Morgan fingerprint density at radius 1 is 1.41 bits per heavy atom. The Hall–Kier alpha value is -1.27. The molecule has 1 aromatic rings. The van der Waals surface area contributed by atoms with E-state index in [1.54, 1.807) is 0 Å². The summed E-state index contributed by atoms with van der Waals surface area (Å²) in [4.78, 5) is 14.6. The van der Waals surface area contributed by atoms with Gasteiger partial charge in [-0.25, -0.2) is 0 Å². The third kappa shape index (κ3) is 2.94. The van der Waals surface area contributed by atoms with Crippen LogP contribution in [0.15, 0.2) is 6.20 Å². The monoisotopic (exact) mass is 327 g/mol. The van der Waals surface area contributed by atoms with Gasteiger partial charge >= 0.3 is 0 Å². The van der Waals surface area contributed by atoms with Gasteiger partial charge in [-0.1, -0.05) is 13.3 Å². The van der Waals surface area contributed by atoms with Crippen LogP contribution >= 0.6 is 12.4 Å². The van der Waals surface area contributed by atoms with Crippen molar-refractivity contribution in [1.82, 2.24) is 14.7 Å². The molecule has 0 spiro atoms. The molecule has 1 amide bonds. The lowest BCUT2D eigenvalue weighted by atomic mass is 9.69. The zero-order valence-corrected chi connectivity index (χ0v) is 13.9. The number of halogens is 1. The van der Waals surface area contributed by atoms with E-state index >= 15 is 0 Å². The molecule has 3 rings (SSSR count). The average Bonchev–Trinajstić information content (AvgIpc) is 2.85. The van der Waals surface area contributed by atoms with Crippen molar-refractivity contribution in [2.75, 3.05) is 18.8 Å². The van der Waals surface area contributed by atoms with E-state index in [1.165, 1.54) is 6.42 Å². The lowest BCUT2D eigenvalue weighted by molar-refractivity contribution is -0.147. The molecule has 7 heteroatoms. The standard InChI is InChI=1S/C15H25N5O.ClH/c1-15(5-2-6-15)14(21)19-7-3-12(4-8-19)20-10-11(9-16)13(17)18-20;/h10,12H,2-9,16H2,1H3,(H2,17,18);1H. The fraction of sp³-hybridized carbons (Fsp3) is 0.733. The summed E-state index contributed by atoms with van der Waals surface area (Å²) in [5.41, 5.74) is 12.3. The molecule has 1 aromatic heterocycles. The minimum Gasteiger partial charge on any atom is -0.382 e. The van der Waals surface area contributed by atoms with Gasteiger partial charge in [0.25, 0.3) is 0 Å². The minimum absolute atomic E-state index is 0. The number of piperidine rings is 1. The summed E-state index contributed by atoms with van der Waals surface area (Å²) in [6.07, 6.45) is 7.10. The van der Waals surface area contributed by atoms with Crippen LogP contribution in [0, 0.1) is 5.41 Å². The van der Waals surface area contributed by atoms with Gasteiger partial charge in [0.1, 0.15) is 5.82 Å². The molecule has 0 radical (unpaired) electrons. The number of nitrogens with two attached hydrogens (primary N) is 2. The van der Waals surface area contributed by atoms with E-state index < -0.39 is 0 Å². The van der Waals surface area contributed by atoms with E-state index in [4.69, 9.17) is 11.5 Å². The number of hydrogen-bond donors (Lipinski definition) is 2. The predicted octanol–water partition coefficient (Wildman–Crippen LogP) is 1.70. The summed E-state index contributed by atoms with van der Waals surface area (Å²) in [5, 5.41) is 4.36. The maximum Gasteiger partial charge on any atom is 0.228 e. The van der Waals surface area contributed by atoms with E-state index in [0.717, 1.165) is 44.3 Å². The molecule has 124 valence electrons. The Kier molecular flexibility index (Phi) is 5.02. The third-order valence-electron chi connectivity index (χ3n) is 5.16. The molecule has 4 N–H and O–H groups in total. The second-order valence-corrected chi connectivity index (χ2v) is 6.66. The molecule has 22 heavy (non-hydrogen) atoms. The van der Waals surface area contributed by atoms with Crippen molar-refractivity contribution in [2.45, 2.75) is 51.6 Å². The lowest BCUT2D eigenvalue weighted by Gasteiger charge is -2.43. The van der Waals surface area contributed by atoms with Gasteiger partial charge in [-0.3, -0.25) is 9.48 Å². The highest BCUT2D eigenvalue weighted by Crippen LogP contribution is 2.42. The highest BCUT2D eigenvalue weighted by Gasteiger charge is 2.42. The Balaban J connectivity index is 0.00000176. The van der Waals surface area contributed by atoms with Gasteiger partial charge < -0.3 is 16.4 Å². The first-order chi connectivity index (χ1) is 10.0. The lowest BCUT2D eigenvalue weighted by Crippen LogP contribution is -2.49. The summed E-state index contributed by atoms with van der Waals surface area (Å²) < 4.78 is 1.93. The van der Waals surface area contributed by atoms with E-state index in [1.807, 2.05) is 15.8 Å². The van der Waals surface area contributed by atoms with E-state index in [9.17, 15) is 4.79 Å². The number of likely N-dealkylation sites (tertiary alicyclic amines) is 1. The quantitative estimate of drug-likeness (QED) is 0.884. The molecule has 6 nitrogen and oxygen atoms in total. The van der Waals surface area contributed by atoms with Crippen LogP contribution in [-0.2, 0) is 11.3 Å². The molecule has 0 aromatic carbocycles. The molecule has 0 atom stereocenters. The van der Waals surface area contributed by atoms with Crippen molar-refractivity contribution in [3.05, 3.63) is 11.8 Å². The fourth-order valence-electron chi connectivity index (χ4n) is 3.42. The van der Waals surface area contributed by atoms with Gasteiger partial charge in [-0.05, 0) is 25.7 Å². The molecular weight excluding hydrogens is 302 g/mol. The topological polar surface area (TPSA) is 90.2 Å². The molecule has 2 fully saturated rings. The van der Waals surface area contributed by atoms with Gasteiger partial charge in [0.2, 0.25) is 5.91 Å². The number of amides is 1. The first-order valence-electron chi connectivity index (χ1n) is 7.86. The molecule has 2 heterocycles. The number of nitrogen functional groups attached to an aromatic ring is 1. The van der Waals surface area contributed by atoms with Crippen molar-refractivity contribution >= 4 is 24.1 Å². The number of rotatable bonds is 3. The SMILES string of the molecule is CC1(C(=O)N2CCC(n3cc(CN)c(N)n3)CC2)CCC1.Cl. The van der Waals surface area contributed by atoms with Crippen LogP contribution in [0.5, 0.6) is 0 Å². The zero-order valence-electron chi connectivity index (χ0n) is 13.1. The second kappa shape index (κ2) is 6.46. The fourth-order valence-corrected chi connectivity index (χ4v) is 3.42. The molecular formula is C15H26ClN5O. The van der Waals surface area contributed by atoms with Crippen molar-refractivity contribution in [3.8, 4) is 0 Å². The van der Waals surface area contributed by atoms with Crippen LogP contribution in [0.4, 0.5) is 5.82 Å². The highest BCUT2D eigenvalue weighted by atomic mass is 35.5.